The van der Waals surface area contributed by atoms with Crippen LogP contribution in [0.5, 0.6) is 17.2 Å². The monoisotopic (exact) mass is 438 g/mol. The summed E-state index contributed by atoms with van der Waals surface area (Å²) in [5.74, 6) is 2.04. The van der Waals surface area contributed by atoms with Crippen LogP contribution in [0.3, 0.4) is 0 Å². The van der Waals surface area contributed by atoms with E-state index in [2.05, 4.69) is 20.5 Å². The summed E-state index contributed by atoms with van der Waals surface area (Å²) in [7, 11) is 4.69. The van der Waals surface area contributed by atoms with Gasteiger partial charge in [-0.3, -0.25) is 9.59 Å². The number of benzene rings is 2. The maximum absolute atomic E-state index is 12.4. The minimum absolute atomic E-state index is 0.149. The van der Waals surface area contributed by atoms with Gasteiger partial charge in [0.15, 0.2) is 17.3 Å². The van der Waals surface area contributed by atoms with Crippen LogP contribution in [-0.4, -0.2) is 49.0 Å². The number of carbonyl (C=O) groups is 1. The van der Waals surface area contributed by atoms with Crippen molar-refractivity contribution in [1.82, 2.24) is 20.5 Å². The molecule has 0 spiro atoms. The van der Waals surface area contributed by atoms with Crippen molar-refractivity contribution in [3.63, 3.8) is 0 Å². The van der Waals surface area contributed by atoms with E-state index in [1.165, 1.54) is 7.11 Å². The number of aromatic nitrogens is 3. The Bertz CT molecular complexity index is 1110. The van der Waals surface area contributed by atoms with Crippen molar-refractivity contribution in [2.45, 2.75) is 19.3 Å². The summed E-state index contributed by atoms with van der Waals surface area (Å²) < 4.78 is 15.6. The zero-order valence-electron chi connectivity index (χ0n) is 18.3. The number of hydrogen-bond donors (Lipinski definition) is 2. The van der Waals surface area contributed by atoms with Gasteiger partial charge < -0.3 is 24.5 Å². The molecule has 0 fully saturated rings. The van der Waals surface area contributed by atoms with Crippen molar-refractivity contribution in [2.24, 2.45) is 0 Å². The summed E-state index contributed by atoms with van der Waals surface area (Å²) >= 11 is 0. The van der Waals surface area contributed by atoms with E-state index >= 15 is 0 Å². The fourth-order valence-electron chi connectivity index (χ4n) is 3.10. The molecule has 168 valence electrons. The van der Waals surface area contributed by atoms with Gasteiger partial charge in [-0.25, -0.2) is 0 Å². The average Bonchev–Trinajstić information content (AvgIpc) is 2.83. The van der Waals surface area contributed by atoms with Gasteiger partial charge in [-0.15, -0.1) is 10.2 Å². The number of H-pyrrole nitrogens is 1. The van der Waals surface area contributed by atoms with Gasteiger partial charge in [0.05, 0.1) is 21.3 Å². The van der Waals surface area contributed by atoms with Crippen LogP contribution in [0.2, 0.25) is 0 Å². The van der Waals surface area contributed by atoms with Crippen molar-refractivity contribution >= 4 is 5.91 Å². The molecule has 2 aromatic carbocycles. The molecule has 0 saturated carbocycles. The molecule has 0 unspecified atom stereocenters. The number of hydrogen-bond acceptors (Lipinski definition) is 7. The van der Waals surface area contributed by atoms with Gasteiger partial charge in [-0.1, -0.05) is 12.1 Å². The molecule has 3 rings (SSSR count). The van der Waals surface area contributed by atoms with Gasteiger partial charge in [0.2, 0.25) is 5.91 Å². The standard InChI is InChI=1S/C23H26N4O5/c1-30-17-7-4-15(5-8-17)12-13-24-21(28)11-9-18-23(29)25-22(27-26-18)16-6-10-19(31-2)20(14-16)32-3/h4-8,10,14H,9,11-13H2,1-3H3,(H,24,28)(H,25,27,29). The second kappa shape index (κ2) is 10.9. The highest BCUT2D eigenvalue weighted by Crippen LogP contribution is 2.30. The van der Waals surface area contributed by atoms with E-state index in [1.54, 1.807) is 32.4 Å². The Balaban J connectivity index is 1.53. The van der Waals surface area contributed by atoms with Crippen LogP contribution in [0.1, 0.15) is 17.7 Å². The maximum atomic E-state index is 12.4. The quantitative estimate of drug-likeness (QED) is 0.498. The van der Waals surface area contributed by atoms with Crippen molar-refractivity contribution in [2.75, 3.05) is 27.9 Å². The molecule has 3 aromatic rings. The highest BCUT2D eigenvalue weighted by molar-refractivity contribution is 5.76. The Morgan fingerprint density at radius 3 is 2.34 bits per heavy atom. The van der Waals surface area contributed by atoms with Gasteiger partial charge in [-0.2, -0.15) is 0 Å². The first kappa shape index (κ1) is 22.8. The van der Waals surface area contributed by atoms with Crippen molar-refractivity contribution in [1.29, 1.82) is 0 Å². The molecular weight excluding hydrogens is 412 g/mol. The van der Waals surface area contributed by atoms with Crippen molar-refractivity contribution in [3.05, 3.63) is 64.1 Å². The number of aryl methyl sites for hydroxylation is 1. The topological polar surface area (TPSA) is 115 Å². The summed E-state index contributed by atoms with van der Waals surface area (Å²) in [6, 6.07) is 12.9. The zero-order valence-corrected chi connectivity index (χ0v) is 18.3. The molecular formula is C23H26N4O5. The van der Waals surface area contributed by atoms with E-state index in [1.807, 2.05) is 24.3 Å². The predicted molar refractivity (Wildman–Crippen MR) is 119 cm³/mol. The van der Waals surface area contributed by atoms with Gasteiger partial charge in [-0.05, 0) is 42.3 Å². The normalized spacial score (nSPS) is 10.5. The van der Waals surface area contributed by atoms with E-state index in [0.717, 1.165) is 11.3 Å². The number of nitrogens with one attached hydrogen (secondary N) is 2. The fraction of sp³-hybridized carbons (Fsp3) is 0.304. The van der Waals surface area contributed by atoms with Crippen molar-refractivity contribution < 1.29 is 19.0 Å². The lowest BCUT2D eigenvalue weighted by Gasteiger charge is -2.09. The molecule has 32 heavy (non-hydrogen) atoms. The molecule has 0 aliphatic rings. The number of carbonyl (C=O) groups excluding carboxylic acids is 1. The molecule has 0 aliphatic carbocycles. The SMILES string of the molecule is COc1ccc(CCNC(=O)CCc2nnc(-c3ccc(OC)c(OC)c3)[nH]c2=O)cc1. The largest absolute Gasteiger partial charge is 0.497 e. The number of aromatic amines is 1. The lowest BCUT2D eigenvalue weighted by atomic mass is 10.1. The molecule has 1 heterocycles. The molecule has 2 N–H and O–H groups in total. The van der Waals surface area contributed by atoms with Crippen LogP contribution in [0.4, 0.5) is 0 Å². The number of methoxy groups -OCH3 is 3. The first-order valence-electron chi connectivity index (χ1n) is 10.1. The smallest absolute Gasteiger partial charge is 0.273 e. The second-order valence-corrected chi connectivity index (χ2v) is 6.97. The Hall–Kier alpha value is -3.88. The predicted octanol–water partition coefficient (Wildman–Crippen LogP) is 2.15. The van der Waals surface area contributed by atoms with Crippen LogP contribution in [-0.2, 0) is 17.6 Å². The van der Waals surface area contributed by atoms with E-state index in [0.29, 0.717) is 35.9 Å². The van der Waals surface area contributed by atoms with Crippen LogP contribution in [0, 0.1) is 0 Å². The molecule has 0 atom stereocenters. The molecule has 0 radical (unpaired) electrons. The average molecular weight is 438 g/mol. The van der Waals surface area contributed by atoms with Crippen molar-refractivity contribution in [3.8, 4) is 28.6 Å². The first-order chi connectivity index (χ1) is 15.5. The summed E-state index contributed by atoms with van der Waals surface area (Å²) in [6.45, 7) is 0.505. The van der Waals surface area contributed by atoms with E-state index in [9.17, 15) is 9.59 Å². The highest BCUT2D eigenvalue weighted by atomic mass is 16.5. The fourth-order valence-corrected chi connectivity index (χ4v) is 3.10. The summed E-state index contributed by atoms with van der Waals surface area (Å²) in [6.07, 6.45) is 1.05. The van der Waals surface area contributed by atoms with Gasteiger partial charge >= 0.3 is 0 Å². The molecule has 1 amide bonds. The van der Waals surface area contributed by atoms with Gasteiger partial charge in [0.1, 0.15) is 11.4 Å². The molecule has 0 bridgehead atoms. The highest BCUT2D eigenvalue weighted by Gasteiger charge is 2.12. The third kappa shape index (κ3) is 5.84. The molecule has 1 aromatic heterocycles. The Morgan fingerprint density at radius 1 is 0.938 bits per heavy atom. The number of nitrogens with zero attached hydrogens (tertiary/aromatic N) is 2. The molecule has 0 aliphatic heterocycles. The van der Waals surface area contributed by atoms with E-state index in [-0.39, 0.29) is 30.0 Å². The van der Waals surface area contributed by atoms with Crippen LogP contribution < -0.4 is 25.1 Å². The Labute approximate surface area is 185 Å². The number of ether oxygens (including phenoxy) is 3. The molecule has 0 saturated heterocycles. The second-order valence-electron chi connectivity index (χ2n) is 6.97. The lowest BCUT2D eigenvalue weighted by molar-refractivity contribution is -0.121. The van der Waals surface area contributed by atoms with Crippen LogP contribution in [0.15, 0.2) is 47.3 Å². The number of amides is 1. The molecule has 9 nitrogen and oxygen atoms in total. The Morgan fingerprint density at radius 2 is 1.69 bits per heavy atom. The summed E-state index contributed by atoms with van der Waals surface area (Å²) in [5, 5.41) is 11.0. The van der Waals surface area contributed by atoms with Gasteiger partial charge in [0.25, 0.3) is 5.56 Å². The summed E-state index contributed by atoms with van der Waals surface area (Å²) in [5.41, 5.74) is 1.56. The van der Waals surface area contributed by atoms with Crippen LogP contribution in [0.25, 0.3) is 11.4 Å². The lowest BCUT2D eigenvalue weighted by Crippen LogP contribution is -2.27. The molecule has 9 heteroatoms. The summed E-state index contributed by atoms with van der Waals surface area (Å²) in [4.78, 5) is 27.2. The van der Waals surface area contributed by atoms with E-state index < -0.39 is 0 Å². The van der Waals surface area contributed by atoms with E-state index in [4.69, 9.17) is 14.2 Å². The zero-order chi connectivity index (χ0) is 22.9. The first-order valence-corrected chi connectivity index (χ1v) is 10.1. The Kier molecular flexibility index (Phi) is 7.80. The number of rotatable bonds is 10. The van der Waals surface area contributed by atoms with Gasteiger partial charge in [0, 0.05) is 24.9 Å². The minimum atomic E-state index is -0.379. The minimum Gasteiger partial charge on any atom is -0.497 e. The third-order valence-electron chi connectivity index (χ3n) is 4.91. The third-order valence-corrected chi connectivity index (χ3v) is 4.91. The van der Waals surface area contributed by atoms with Crippen LogP contribution >= 0.6 is 0 Å². The maximum Gasteiger partial charge on any atom is 0.273 e.